The Morgan fingerprint density at radius 2 is 1.12 bits per heavy atom. The highest BCUT2D eigenvalue weighted by molar-refractivity contribution is 6.21. The lowest BCUT2D eigenvalue weighted by atomic mass is 9.89. The van der Waals surface area contributed by atoms with Crippen molar-refractivity contribution >= 4 is 32.7 Å². The molecule has 1 aliphatic rings. The molecule has 8 aromatic rings. The minimum atomic E-state index is 0.256. The third-order valence-electron chi connectivity index (χ3n) is 8.84. The van der Waals surface area contributed by atoms with Gasteiger partial charge in [-0.15, -0.1) is 0 Å². The molecule has 6 aromatic carbocycles. The molecule has 0 aliphatic heterocycles. The highest BCUT2D eigenvalue weighted by Gasteiger charge is 2.30. The summed E-state index contributed by atoms with van der Waals surface area (Å²) in [6.45, 7) is 0. The summed E-state index contributed by atoms with van der Waals surface area (Å²) in [6, 6.07) is 53.1. The van der Waals surface area contributed by atoms with E-state index in [1.54, 1.807) is 0 Å². The molecule has 9 rings (SSSR count). The molecule has 1 aliphatic carbocycles. The van der Waals surface area contributed by atoms with E-state index in [2.05, 4.69) is 161 Å². The predicted octanol–water partition coefficient (Wildman–Crippen LogP) is 9.89. The first-order chi connectivity index (χ1) is 20.4. The Morgan fingerprint density at radius 1 is 0.439 bits per heavy atom. The molecular weight excluding hydrogens is 496 g/mol. The van der Waals surface area contributed by atoms with Gasteiger partial charge in [0.15, 0.2) is 0 Å². The predicted molar refractivity (Wildman–Crippen MR) is 170 cm³/mol. The summed E-state index contributed by atoms with van der Waals surface area (Å²) in [5, 5.41) is 3.86. The van der Waals surface area contributed by atoms with Gasteiger partial charge in [0.2, 0.25) is 0 Å². The lowest BCUT2D eigenvalue weighted by molar-refractivity contribution is 1.01. The summed E-state index contributed by atoms with van der Waals surface area (Å²) in [5.41, 5.74) is 12.8. The Kier molecular flexibility index (Phi) is 4.70. The third-order valence-corrected chi connectivity index (χ3v) is 8.84. The summed E-state index contributed by atoms with van der Waals surface area (Å²) in [7, 11) is 0. The van der Waals surface area contributed by atoms with Gasteiger partial charge >= 0.3 is 0 Å². The van der Waals surface area contributed by atoms with Gasteiger partial charge in [-0.1, -0.05) is 97.1 Å². The van der Waals surface area contributed by atoms with E-state index in [-0.39, 0.29) is 5.92 Å². The minimum absolute atomic E-state index is 0.256. The Morgan fingerprint density at radius 3 is 2.00 bits per heavy atom. The van der Waals surface area contributed by atoms with Gasteiger partial charge in [-0.2, -0.15) is 0 Å². The van der Waals surface area contributed by atoms with Crippen molar-refractivity contribution in [3.05, 3.63) is 168 Å². The first-order valence-electron chi connectivity index (χ1n) is 14.2. The summed E-state index contributed by atoms with van der Waals surface area (Å²) >= 11 is 0. The molecule has 41 heavy (non-hydrogen) atoms. The zero-order valence-electron chi connectivity index (χ0n) is 22.4. The zero-order chi connectivity index (χ0) is 26.9. The van der Waals surface area contributed by atoms with Crippen LogP contribution in [0, 0.1) is 0 Å². The fourth-order valence-corrected chi connectivity index (χ4v) is 7.11. The smallest absolute Gasteiger partial charge is 0.0548 e. The number of hydrogen-bond donors (Lipinski definition) is 0. The maximum absolute atomic E-state index is 2.45. The molecule has 0 saturated heterocycles. The molecule has 0 radical (unpaired) electrons. The number of nitrogens with zero attached hydrogens (tertiary/aromatic N) is 2. The van der Waals surface area contributed by atoms with Crippen LogP contribution in [0.25, 0.3) is 55.2 Å². The van der Waals surface area contributed by atoms with Crippen molar-refractivity contribution in [3.8, 4) is 22.5 Å². The Bertz CT molecular complexity index is 2250. The lowest BCUT2D eigenvalue weighted by Crippen LogP contribution is -1.99. The highest BCUT2D eigenvalue weighted by Crippen LogP contribution is 2.49. The van der Waals surface area contributed by atoms with E-state index in [0.29, 0.717) is 0 Å². The minimum Gasteiger partial charge on any atom is -0.317 e. The van der Waals surface area contributed by atoms with Crippen LogP contribution in [-0.4, -0.2) is 9.13 Å². The molecular formula is C39H26N2. The molecule has 0 N–H and O–H groups in total. The second kappa shape index (κ2) is 8.58. The molecule has 2 nitrogen and oxygen atoms in total. The van der Waals surface area contributed by atoms with Crippen molar-refractivity contribution < 1.29 is 0 Å². The van der Waals surface area contributed by atoms with E-state index in [1.165, 1.54) is 71.9 Å². The van der Waals surface area contributed by atoms with Crippen LogP contribution in [-0.2, 0) is 0 Å². The van der Waals surface area contributed by atoms with E-state index >= 15 is 0 Å². The molecule has 2 heteroatoms. The third kappa shape index (κ3) is 3.19. The van der Waals surface area contributed by atoms with E-state index in [1.807, 2.05) is 0 Å². The molecule has 1 unspecified atom stereocenters. The lowest BCUT2D eigenvalue weighted by Gasteiger charge is -2.15. The quantitative estimate of drug-likeness (QED) is 0.218. The molecule has 192 valence electrons. The first-order valence-corrected chi connectivity index (χ1v) is 14.2. The Hall–Kier alpha value is -5.34. The van der Waals surface area contributed by atoms with Crippen LogP contribution in [0.15, 0.2) is 152 Å². The first kappa shape index (κ1) is 22.5. The standard InChI is InChI=1S/C39H26N2/c1-3-11-26(12-4-1)38-30-16-8-7-15-29(30)34-25-28(19-20-31(34)38)41-36-18-10-9-17-32(36)39-33-23-24-40(27-13-5-2-6-14-27)35(33)21-22-37(39)41/h1-25,38H. The summed E-state index contributed by atoms with van der Waals surface area (Å²) in [6.07, 6.45) is 2.20. The molecule has 2 heterocycles. The Labute approximate surface area is 238 Å². The number of para-hydroxylation sites is 2. The molecule has 1 atom stereocenters. The molecule has 2 aromatic heterocycles. The summed E-state index contributed by atoms with van der Waals surface area (Å²) in [5.74, 6) is 0.256. The van der Waals surface area contributed by atoms with Gasteiger partial charge in [0.25, 0.3) is 0 Å². The maximum atomic E-state index is 2.45. The zero-order valence-corrected chi connectivity index (χ0v) is 22.4. The van der Waals surface area contributed by atoms with Crippen LogP contribution in [0.1, 0.15) is 22.6 Å². The van der Waals surface area contributed by atoms with Gasteiger partial charge in [0.05, 0.1) is 16.6 Å². The van der Waals surface area contributed by atoms with Crippen LogP contribution in [0.4, 0.5) is 0 Å². The van der Waals surface area contributed by atoms with Crippen LogP contribution in [0.5, 0.6) is 0 Å². The molecule has 0 bridgehead atoms. The molecule has 0 fully saturated rings. The number of fused-ring (bicyclic) bond motifs is 8. The van der Waals surface area contributed by atoms with Crippen molar-refractivity contribution in [1.29, 1.82) is 0 Å². The van der Waals surface area contributed by atoms with Crippen LogP contribution in [0.2, 0.25) is 0 Å². The van der Waals surface area contributed by atoms with E-state index in [0.717, 1.165) is 0 Å². The molecule has 0 spiro atoms. The van der Waals surface area contributed by atoms with Gasteiger partial charge < -0.3 is 9.13 Å². The molecule has 0 amide bonds. The monoisotopic (exact) mass is 522 g/mol. The highest BCUT2D eigenvalue weighted by atomic mass is 15.0. The van der Waals surface area contributed by atoms with Gasteiger partial charge in [-0.25, -0.2) is 0 Å². The number of rotatable bonds is 3. The number of hydrogen-bond acceptors (Lipinski definition) is 0. The number of aromatic nitrogens is 2. The van der Waals surface area contributed by atoms with Crippen molar-refractivity contribution in [2.45, 2.75) is 5.92 Å². The van der Waals surface area contributed by atoms with Crippen molar-refractivity contribution in [2.75, 3.05) is 0 Å². The maximum Gasteiger partial charge on any atom is 0.0548 e. The summed E-state index contributed by atoms with van der Waals surface area (Å²) in [4.78, 5) is 0. The van der Waals surface area contributed by atoms with Gasteiger partial charge in [0.1, 0.15) is 0 Å². The van der Waals surface area contributed by atoms with Gasteiger partial charge in [-0.3, -0.25) is 0 Å². The normalized spacial score (nSPS) is 14.1. The SMILES string of the molecule is c1ccc(C2c3ccccc3-c3cc(-n4c5ccccc5c5c6ccn(-c7ccccc7)c6ccc54)ccc32)cc1. The van der Waals surface area contributed by atoms with Crippen molar-refractivity contribution in [1.82, 2.24) is 9.13 Å². The summed E-state index contributed by atoms with van der Waals surface area (Å²) < 4.78 is 4.74. The van der Waals surface area contributed by atoms with Gasteiger partial charge in [-0.05, 0) is 76.3 Å². The van der Waals surface area contributed by atoms with E-state index in [9.17, 15) is 0 Å². The van der Waals surface area contributed by atoms with Crippen molar-refractivity contribution in [3.63, 3.8) is 0 Å². The molecule has 0 saturated carbocycles. The van der Waals surface area contributed by atoms with Gasteiger partial charge in [0, 0.05) is 39.6 Å². The largest absolute Gasteiger partial charge is 0.317 e. The van der Waals surface area contributed by atoms with Crippen molar-refractivity contribution in [2.24, 2.45) is 0 Å². The van der Waals surface area contributed by atoms with Crippen LogP contribution < -0.4 is 0 Å². The number of benzene rings is 6. The van der Waals surface area contributed by atoms with Crippen LogP contribution >= 0.6 is 0 Å². The van der Waals surface area contributed by atoms with E-state index < -0.39 is 0 Å². The van der Waals surface area contributed by atoms with E-state index in [4.69, 9.17) is 0 Å². The average molecular weight is 523 g/mol. The fraction of sp³-hybridized carbons (Fsp3) is 0.0256. The topological polar surface area (TPSA) is 9.86 Å². The van der Waals surface area contributed by atoms with Crippen LogP contribution in [0.3, 0.4) is 0 Å². The second-order valence-electron chi connectivity index (χ2n) is 11.0. The average Bonchev–Trinajstić information content (AvgIpc) is 3.71. The second-order valence-corrected chi connectivity index (χ2v) is 11.0. The fourth-order valence-electron chi connectivity index (χ4n) is 7.11. The Balaban J connectivity index is 1.30.